The first-order valence-corrected chi connectivity index (χ1v) is 11.5. The molecule has 1 aromatic rings. The normalized spacial score (nSPS) is 14.7. The lowest BCUT2D eigenvalue weighted by atomic mass is 10.0. The standard InChI is InChI=1S/C22H30Cl2N4O4/c1-28-14-18(26-13-19(28)29)25-12-7-5-3-2-4-6-11-17(22(31)32)27-21(30)20-15(23)9-8-10-16(20)24/h8-10,17H,2-7,11-14H2,1H3,(H,25,26)(H,27,30)(H,31,32)/t17-/m0/s1. The van der Waals surface area contributed by atoms with Crippen molar-refractivity contribution in [2.75, 3.05) is 26.7 Å². The van der Waals surface area contributed by atoms with Crippen LogP contribution in [0, 0.1) is 0 Å². The molecule has 0 aliphatic carbocycles. The number of carboxylic acid groups (broad SMARTS) is 1. The van der Waals surface area contributed by atoms with Crippen molar-refractivity contribution in [1.82, 2.24) is 15.5 Å². The van der Waals surface area contributed by atoms with Gasteiger partial charge in [-0.1, -0.05) is 61.4 Å². The maximum Gasteiger partial charge on any atom is 0.326 e. The Bertz CT molecular complexity index is 827. The smallest absolute Gasteiger partial charge is 0.326 e. The molecule has 1 aromatic carbocycles. The van der Waals surface area contributed by atoms with E-state index in [1.165, 1.54) is 12.1 Å². The predicted molar refractivity (Wildman–Crippen MR) is 126 cm³/mol. The minimum Gasteiger partial charge on any atom is -0.480 e. The van der Waals surface area contributed by atoms with Crippen LogP contribution in [0.1, 0.15) is 55.3 Å². The van der Waals surface area contributed by atoms with Gasteiger partial charge in [-0.3, -0.25) is 14.6 Å². The van der Waals surface area contributed by atoms with E-state index in [4.69, 9.17) is 23.2 Å². The van der Waals surface area contributed by atoms with E-state index in [-0.39, 0.29) is 28.1 Å². The van der Waals surface area contributed by atoms with Crippen molar-refractivity contribution in [3.63, 3.8) is 0 Å². The first kappa shape index (κ1) is 25.9. The summed E-state index contributed by atoms with van der Waals surface area (Å²) in [5, 5.41) is 15.6. The van der Waals surface area contributed by atoms with Crippen LogP contribution in [-0.4, -0.2) is 66.3 Å². The number of rotatable bonds is 12. The monoisotopic (exact) mass is 484 g/mol. The van der Waals surface area contributed by atoms with Crippen LogP contribution in [0.4, 0.5) is 0 Å². The first-order valence-electron chi connectivity index (χ1n) is 10.8. The molecule has 0 saturated carbocycles. The molecule has 3 N–H and O–H groups in total. The number of amidine groups is 1. The quantitative estimate of drug-likeness (QED) is 0.393. The van der Waals surface area contributed by atoms with Gasteiger partial charge in [0.25, 0.3) is 5.91 Å². The van der Waals surface area contributed by atoms with Crippen molar-refractivity contribution >= 4 is 46.8 Å². The number of carbonyl (C=O) groups is 3. The van der Waals surface area contributed by atoms with Crippen molar-refractivity contribution in [3.05, 3.63) is 33.8 Å². The summed E-state index contributed by atoms with van der Waals surface area (Å²) in [5.41, 5.74) is 0.0909. The number of aliphatic imine (C=N–C) groups is 1. The fourth-order valence-electron chi connectivity index (χ4n) is 3.37. The lowest BCUT2D eigenvalue weighted by molar-refractivity contribution is -0.139. The van der Waals surface area contributed by atoms with E-state index in [9.17, 15) is 19.5 Å². The van der Waals surface area contributed by atoms with Crippen LogP contribution in [-0.2, 0) is 9.59 Å². The van der Waals surface area contributed by atoms with E-state index in [1.807, 2.05) is 0 Å². The molecule has 0 aromatic heterocycles. The minimum atomic E-state index is -1.08. The third-order valence-corrected chi connectivity index (χ3v) is 5.89. The van der Waals surface area contributed by atoms with Crippen LogP contribution in [0.3, 0.4) is 0 Å². The second-order valence-corrected chi connectivity index (χ2v) is 8.62. The van der Waals surface area contributed by atoms with Gasteiger partial charge < -0.3 is 20.6 Å². The Labute approximate surface area is 198 Å². The molecular formula is C22H30Cl2N4O4. The highest BCUT2D eigenvalue weighted by Gasteiger charge is 2.23. The topological polar surface area (TPSA) is 111 Å². The number of hydrogen-bond donors (Lipinski definition) is 3. The van der Waals surface area contributed by atoms with Gasteiger partial charge in [0.15, 0.2) is 0 Å². The van der Waals surface area contributed by atoms with E-state index in [1.54, 1.807) is 18.0 Å². The highest BCUT2D eigenvalue weighted by Crippen LogP contribution is 2.24. The number of aliphatic carboxylic acids is 1. The molecular weight excluding hydrogens is 455 g/mol. The molecule has 2 rings (SSSR count). The predicted octanol–water partition coefficient (Wildman–Crippen LogP) is 3.37. The van der Waals surface area contributed by atoms with Gasteiger partial charge in [-0.05, 0) is 25.0 Å². The molecule has 1 atom stereocenters. The molecule has 1 aliphatic rings. The van der Waals surface area contributed by atoms with Crippen LogP contribution in [0.15, 0.2) is 23.2 Å². The van der Waals surface area contributed by atoms with Gasteiger partial charge in [0.2, 0.25) is 5.91 Å². The fraction of sp³-hybridized carbons (Fsp3) is 0.545. The van der Waals surface area contributed by atoms with Gasteiger partial charge in [0.05, 0.1) is 22.2 Å². The summed E-state index contributed by atoms with van der Waals surface area (Å²) in [6.07, 6.45) is 6.03. The molecule has 8 nitrogen and oxygen atoms in total. The summed E-state index contributed by atoms with van der Waals surface area (Å²) >= 11 is 12.0. The van der Waals surface area contributed by atoms with Gasteiger partial charge >= 0.3 is 5.97 Å². The van der Waals surface area contributed by atoms with E-state index < -0.39 is 17.9 Å². The van der Waals surface area contributed by atoms with E-state index in [0.717, 1.165) is 44.5 Å². The van der Waals surface area contributed by atoms with Crippen molar-refractivity contribution in [2.45, 2.75) is 51.0 Å². The molecule has 1 aliphatic heterocycles. The summed E-state index contributed by atoms with van der Waals surface area (Å²) in [7, 11) is 1.77. The number of hydrogen-bond acceptors (Lipinski definition) is 5. The molecule has 2 amide bonds. The largest absolute Gasteiger partial charge is 0.480 e. The van der Waals surface area contributed by atoms with Gasteiger partial charge in [0.1, 0.15) is 18.4 Å². The molecule has 0 unspecified atom stereocenters. The van der Waals surface area contributed by atoms with Gasteiger partial charge in [-0.15, -0.1) is 0 Å². The summed E-state index contributed by atoms with van der Waals surface area (Å²) < 4.78 is 0. The number of carbonyl (C=O) groups excluding carboxylic acids is 2. The number of amides is 2. The van der Waals surface area contributed by atoms with Crippen LogP contribution in [0.25, 0.3) is 0 Å². The molecule has 10 heteroatoms. The number of carboxylic acids is 1. The lowest BCUT2D eigenvalue weighted by Crippen LogP contribution is -2.44. The Balaban J connectivity index is 1.60. The Morgan fingerprint density at radius 1 is 1.12 bits per heavy atom. The Morgan fingerprint density at radius 2 is 1.75 bits per heavy atom. The van der Waals surface area contributed by atoms with Crippen LogP contribution in [0.2, 0.25) is 10.0 Å². The highest BCUT2D eigenvalue weighted by molar-refractivity contribution is 6.39. The summed E-state index contributed by atoms with van der Waals surface area (Å²) in [5.74, 6) is -0.774. The third-order valence-electron chi connectivity index (χ3n) is 5.26. The second kappa shape index (κ2) is 13.3. The Kier molecular flexibility index (Phi) is 10.8. The first-order chi connectivity index (χ1) is 15.3. The van der Waals surface area contributed by atoms with Crippen molar-refractivity contribution in [1.29, 1.82) is 0 Å². The van der Waals surface area contributed by atoms with Gasteiger partial charge in [0, 0.05) is 13.6 Å². The molecule has 0 radical (unpaired) electrons. The Morgan fingerprint density at radius 3 is 2.38 bits per heavy atom. The van der Waals surface area contributed by atoms with Gasteiger partial charge in [-0.25, -0.2) is 4.79 Å². The number of likely N-dealkylation sites (N-methyl/N-ethyl adjacent to an activating group) is 1. The SMILES string of the molecule is CN1CC(NCCCCCCCC[C@H](NC(=O)c2c(Cl)cccc2Cl)C(=O)O)=NCC1=O. The number of unbranched alkanes of at least 4 members (excludes halogenated alkanes) is 5. The molecule has 0 fully saturated rings. The Hall–Kier alpha value is -2.32. The third kappa shape index (κ3) is 8.31. The number of benzene rings is 1. The molecule has 1 heterocycles. The summed E-state index contributed by atoms with van der Waals surface area (Å²) in [6, 6.07) is 3.71. The van der Waals surface area contributed by atoms with Crippen LogP contribution in [0.5, 0.6) is 0 Å². The summed E-state index contributed by atoms with van der Waals surface area (Å²) in [6.45, 7) is 1.56. The number of nitrogens with one attached hydrogen (secondary N) is 2. The zero-order valence-corrected chi connectivity index (χ0v) is 19.7. The second-order valence-electron chi connectivity index (χ2n) is 7.81. The zero-order chi connectivity index (χ0) is 23.5. The molecule has 0 saturated heterocycles. The van der Waals surface area contributed by atoms with Crippen molar-refractivity contribution in [2.24, 2.45) is 4.99 Å². The van der Waals surface area contributed by atoms with Crippen LogP contribution < -0.4 is 10.6 Å². The maximum absolute atomic E-state index is 12.4. The fourth-order valence-corrected chi connectivity index (χ4v) is 3.94. The molecule has 32 heavy (non-hydrogen) atoms. The highest BCUT2D eigenvalue weighted by atomic mass is 35.5. The van der Waals surface area contributed by atoms with E-state index >= 15 is 0 Å². The minimum absolute atomic E-state index is 0.0351. The average molecular weight is 485 g/mol. The van der Waals surface area contributed by atoms with E-state index in [0.29, 0.717) is 19.4 Å². The van der Waals surface area contributed by atoms with Gasteiger partial charge in [-0.2, -0.15) is 0 Å². The number of halogens is 2. The van der Waals surface area contributed by atoms with Crippen molar-refractivity contribution in [3.8, 4) is 0 Å². The molecule has 0 spiro atoms. The zero-order valence-electron chi connectivity index (χ0n) is 18.2. The maximum atomic E-state index is 12.4. The average Bonchev–Trinajstić information content (AvgIpc) is 2.73. The van der Waals surface area contributed by atoms with Crippen LogP contribution >= 0.6 is 23.2 Å². The molecule has 0 bridgehead atoms. The number of nitrogens with zero attached hydrogens (tertiary/aromatic N) is 2. The van der Waals surface area contributed by atoms with E-state index in [2.05, 4.69) is 15.6 Å². The van der Waals surface area contributed by atoms with Crippen molar-refractivity contribution < 1.29 is 19.5 Å². The lowest BCUT2D eigenvalue weighted by Gasteiger charge is -2.22. The molecule has 176 valence electrons. The summed E-state index contributed by atoms with van der Waals surface area (Å²) in [4.78, 5) is 41.2.